The van der Waals surface area contributed by atoms with E-state index in [1.165, 1.54) is 6.92 Å². The van der Waals surface area contributed by atoms with E-state index >= 15 is 0 Å². The zero-order valence-electron chi connectivity index (χ0n) is 6.30. The molecule has 0 saturated carbocycles. The van der Waals surface area contributed by atoms with E-state index in [0.29, 0.717) is 17.0 Å². The molecule has 0 amide bonds. The molecule has 56 valence electrons. The number of ketones is 1. The molecule has 0 unspecified atom stereocenters. The van der Waals surface area contributed by atoms with Crippen molar-refractivity contribution in [3.8, 4) is 6.07 Å². The molecule has 0 fully saturated rings. The molecule has 4 nitrogen and oxygen atoms in total. The first-order valence-corrected chi connectivity index (χ1v) is 3.12. The molecule has 0 radical (unpaired) electrons. The smallest absolute Gasteiger partial charge is 0.178 e. The number of nitrogens with zero attached hydrogens (tertiary/aromatic N) is 2. The summed E-state index contributed by atoms with van der Waals surface area (Å²) in [7, 11) is 0. The van der Waals surface area contributed by atoms with Gasteiger partial charge in [0.2, 0.25) is 0 Å². The maximum atomic E-state index is 10.8. The van der Waals surface area contributed by atoms with E-state index in [4.69, 9.17) is 5.26 Å². The predicted octanol–water partition coefficient (Wildman–Crippen LogP) is 0.792. The third kappa shape index (κ3) is 1.13. The van der Waals surface area contributed by atoms with Gasteiger partial charge in [-0.2, -0.15) is 10.4 Å². The number of H-pyrrole nitrogens is 1. The molecule has 4 heteroatoms. The van der Waals surface area contributed by atoms with Crippen molar-refractivity contribution in [2.75, 3.05) is 0 Å². The van der Waals surface area contributed by atoms with E-state index in [1.54, 1.807) is 6.92 Å². The average molecular weight is 149 g/mol. The van der Waals surface area contributed by atoms with Gasteiger partial charge in [-0.3, -0.25) is 9.89 Å². The van der Waals surface area contributed by atoms with Crippen molar-refractivity contribution in [3.05, 3.63) is 17.0 Å². The average Bonchev–Trinajstić information content (AvgIpc) is 2.30. The minimum Gasteiger partial charge on any atom is -0.293 e. The molecule has 0 atom stereocenters. The Balaban J connectivity index is 3.30. The van der Waals surface area contributed by atoms with Gasteiger partial charge in [0.1, 0.15) is 17.3 Å². The lowest BCUT2D eigenvalue weighted by Crippen LogP contribution is -1.95. The molecule has 0 aromatic carbocycles. The number of nitriles is 1. The first-order valence-electron chi connectivity index (χ1n) is 3.12. The Morgan fingerprint density at radius 2 is 2.36 bits per heavy atom. The number of nitrogens with one attached hydrogen (secondary N) is 1. The number of aromatic amines is 1. The van der Waals surface area contributed by atoms with Crippen LogP contribution in [0, 0.1) is 18.3 Å². The monoisotopic (exact) mass is 149 g/mol. The summed E-state index contributed by atoms with van der Waals surface area (Å²) < 4.78 is 0. The normalized spacial score (nSPS) is 9.18. The van der Waals surface area contributed by atoms with E-state index in [9.17, 15) is 4.79 Å². The highest BCUT2D eigenvalue weighted by molar-refractivity contribution is 5.94. The zero-order chi connectivity index (χ0) is 8.43. The van der Waals surface area contributed by atoms with Crippen molar-refractivity contribution in [1.29, 1.82) is 5.26 Å². The Hall–Kier alpha value is -1.63. The predicted molar refractivity (Wildman–Crippen MR) is 38.0 cm³/mol. The Morgan fingerprint density at radius 3 is 2.73 bits per heavy atom. The van der Waals surface area contributed by atoms with E-state index in [1.807, 2.05) is 6.07 Å². The molecule has 1 rings (SSSR count). The van der Waals surface area contributed by atoms with Crippen LogP contribution in [0.4, 0.5) is 0 Å². The quantitative estimate of drug-likeness (QED) is 0.600. The Kier molecular flexibility index (Phi) is 1.73. The first kappa shape index (κ1) is 7.48. The van der Waals surface area contributed by atoms with Crippen LogP contribution in [-0.2, 0) is 0 Å². The van der Waals surface area contributed by atoms with Gasteiger partial charge in [0.15, 0.2) is 5.78 Å². The maximum absolute atomic E-state index is 10.8. The van der Waals surface area contributed by atoms with Crippen molar-refractivity contribution < 1.29 is 4.79 Å². The summed E-state index contributed by atoms with van der Waals surface area (Å²) in [6.07, 6.45) is 0. The Bertz CT molecular complexity index is 332. The van der Waals surface area contributed by atoms with Gasteiger partial charge in [0.05, 0.1) is 5.69 Å². The minimum atomic E-state index is -0.165. The van der Waals surface area contributed by atoms with Crippen molar-refractivity contribution in [2.45, 2.75) is 13.8 Å². The Morgan fingerprint density at radius 1 is 1.73 bits per heavy atom. The van der Waals surface area contributed by atoms with Gasteiger partial charge in [-0.25, -0.2) is 0 Å². The van der Waals surface area contributed by atoms with E-state index < -0.39 is 0 Å². The highest BCUT2D eigenvalue weighted by atomic mass is 16.1. The molecule has 1 aromatic rings. The molecular weight excluding hydrogens is 142 g/mol. The summed E-state index contributed by atoms with van der Waals surface area (Å²) in [4.78, 5) is 10.8. The summed E-state index contributed by atoms with van der Waals surface area (Å²) >= 11 is 0. The summed E-state index contributed by atoms with van der Waals surface area (Å²) in [6, 6.07) is 1.91. The molecular formula is C7H7N3O. The van der Waals surface area contributed by atoms with Crippen molar-refractivity contribution in [3.63, 3.8) is 0 Å². The second kappa shape index (κ2) is 2.54. The molecule has 0 aliphatic carbocycles. The minimum absolute atomic E-state index is 0.165. The lowest BCUT2D eigenvalue weighted by Gasteiger charge is -1.86. The highest BCUT2D eigenvalue weighted by Gasteiger charge is 2.11. The van der Waals surface area contributed by atoms with Crippen LogP contribution in [0.25, 0.3) is 0 Å². The van der Waals surface area contributed by atoms with Crippen LogP contribution in [0.2, 0.25) is 0 Å². The third-order valence-corrected chi connectivity index (χ3v) is 1.41. The second-order valence-corrected chi connectivity index (χ2v) is 2.23. The highest BCUT2D eigenvalue weighted by Crippen LogP contribution is 2.08. The van der Waals surface area contributed by atoms with Crippen LogP contribution in [0.5, 0.6) is 0 Å². The fraction of sp³-hybridized carbons (Fsp3) is 0.286. The van der Waals surface area contributed by atoms with Gasteiger partial charge in [-0.1, -0.05) is 0 Å². The fourth-order valence-electron chi connectivity index (χ4n) is 0.824. The van der Waals surface area contributed by atoms with Crippen LogP contribution in [0.3, 0.4) is 0 Å². The molecule has 11 heavy (non-hydrogen) atoms. The molecule has 0 saturated heterocycles. The van der Waals surface area contributed by atoms with Crippen LogP contribution in [-0.4, -0.2) is 16.0 Å². The van der Waals surface area contributed by atoms with Crippen LogP contribution in [0.15, 0.2) is 0 Å². The van der Waals surface area contributed by atoms with Gasteiger partial charge in [0.25, 0.3) is 0 Å². The second-order valence-electron chi connectivity index (χ2n) is 2.23. The van der Waals surface area contributed by atoms with Gasteiger partial charge >= 0.3 is 0 Å². The number of carbonyl (C=O) groups excluding carboxylic acids is 1. The first-order chi connectivity index (χ1) is 5.16. The van der Waals surface area contributed by atoms with E-state index in [-0.39, 0.29) is 5.78 Å². The molecule has 1 N–H and O–H groups in total. The standard InChI is InChI=1S/C7H7N3O/c1-4-6(3-8)7(5(2)11)10-9-4/h1-2H3,(H,9,10). The van der Waals surface area contributed by atoms with Crippen molar-refractivity contribution >= 4 is 5.78 Å². The number of hydrogen-bond acceptors (Lipinski definition) is 3. The van der Waals surface area contributed by atoms with Crippen molar-refractivity contribution in [2.24, 2.45) is 0 Å². The number of rotatable bonds is 1. The topological polar surface area (TPSA) is 69.5 Å². The van der Waals surface area contributed by atoms with Crippen LogP contribution < -0.4 is 0 Å². The summed E-state index contributed by atoms with van der Waals surface area (Å²) in [6.45, 7) is 3.08. The van der Waals surface area contributed by atoms with Crippen LogP contribution >= 0.6 is 0 Å². The maximum Gasteiger partial charge on any atom is 0.178 e. The number of carbonyl (C=O) groups is 1. The molecule has 1 aromatic heterocycles. The zero-order valence-corrected chi connectivity index (χ0v) is 6.30. The number of aryl methyl sites for hydroxylation is 1. The van der Waals surface area contributed by atoms with E-state index in [2.05, 4.69) is 10.2 Å². The molecule has 0 bridgehead atoms. The SMILES string of the molecule is CC(=O)c1[nH]nc(C)c1C#N. The molecule has 0 spiro atoms. The van der Waals surface area contributed by atoms with Crippen LogP contribution in [0.1, 0.15) is 28.7 Å². The van der Waals surface area contributed by atoms with Gasteiger partial charge in [-0.15, -0.1) is 0 Å². The molecule has 1 heterocycles. The largest absolute Gasteiger partial charge is 0.293 e. The number of hydrogen-bond donors (Lipinski definition) is 1. The molecule has 0 aliphatic heterocycles. The fourth-order valence-corrected chi connectivity index (χ4v) is 0.824. The van der Waals surface area contributed by atoms with Gasteiger partial charge in [0, 0.05) is 6.92 Å². The lowest BCUT2D eigenvalue weighted by molar-refractivity contribution is 0.101. The Labute approximate surface area is 63.8 Å². The molecule has 0 aliphatic rings. The summed E-state index contributed by atoms with van der Waals surface area (Å²) in [5.41, 5.74) is 1.21. The summed E-state index contributed by atoms with van der Waals surface area (Å²) in [5.74, 6) is -0.165. The lowest BCUT2D eigenvalue weighted by atomic mass is 10.2. The van der Waals surface area contributed by atoms with Gasteiger partial charge < -0.3 is 0 Å². The third-order valence-electron chi connectivity index (χ3n) is 1.41. The number of aromatic nitrogens is 2. The van der Waals surface area contributed by atoms with E-state index in [0.717, 1.165) is 0 Å². The summed E-state index contributed by atoms with van der Waals surface area (Å²) in [5, 5.41) is 14.8. The number of Topliss-reactive ketones (excluding diaryl/α,β-unsaturated/α-hetero) is 1. The van der Waals surface area contributed by atoms with Gasteiger partial charge in [-0.05, 0) is 6.92 Å². The van der Waals surface area contributed by atoms with Crippen molar-refractivity contribution in [1.82, 2.24) is 10.2 Å².